The molecule has 1 heterocycles. The summed E-state index contributed by atoms with van der Waals surface area (Å²) >= 11 is 12.4. The lowest BCUT2D eigenvalue weighted by atomic mass is 9.66. The fourth-order valence-electron chi connectivity index (χ4n) is 5.02. The number of thiol groups is 1. The molecule has 2 aromatic rings. The van der Waals surface area contributed by atoms with Crippen LogP contribution in [0.4, 0.5) is 0 Å². The van der Waals surface area contributed by atoms with Gasteiger partial charge in [0.05, 0.1) is 23.6 Å². The summed E-state index contributed by atoms with van der Waals surface area (Å²) in [5.74, 6) is -2.15. The highest BCUT2D eigenvalue weighted by molar-refractivity contribution is 7.72. The molecule has 1 amide bonds. The first kappa shape index (κ1) is 26.5. The number of hydrogen-bond acceptors (Lipinski definition) is 4. The van der Waals surface area contributed by atoms with E-state index in [2.05, 4.69) is 0 Å². The third kappa shape index (κ3) is 5.75. The SMILES string of the molecule is CC(C)[C@@H](C[SH](=O)=O)N1C(=O)[C@@](C)(CC(=O)O)C[C@H](c2cccc(Cl)c2)C1c1ccc(Cl)cc1. The van der Waals surface area contributed by atoms with E-state index < -0.39 is 34.2 Å². The molecule has 184 valence electrons. The summed E-state index contributed by atoms with van der Waals surface area (Å²) in [6, 6.07) is 13.3. The highest BCUT2D eigenvalue weighted by Gasteiger charge is 2.52. The first-order chi connectivity index (χ1) is 15.9. The Morgan fingerprint density at radius 2 is 1.76 bits per heavy atom. The van der Waals surface area contributed by atoms with Gasteiger partial charge in [0.25, 0.3) is 0 Å². The minimum atomic E-state index is -2.78. The van der Waals surface area contributed by atoms with Crippen molar-refractivity contribution >= 4 is 45.8 Å². The van der Waals surface area contributed by atoms with E-state index in [0.717, 1.165) is 11.1 Å². The second-order valence-electron chi connectivity index (χ2n) is 9.53. The molecule has 2 aromatic carbocycles. The van der Waals surface area contributed by atoms with Crippen molar-refractivity contribution in [2.75, 3.05) is 5.75 Å². The smallest absolute Gasteiger partial charge is 0.304 e. The number of likely N-dealkylation sites (tertiary alicyclic amines) is 1. The number of carboxylic acid groups (broad SMARTS) is 1. The highest BCUT2D eigenvalue weighted by Crippen LogP contribution is 2.52. The Labute approximate surface area is 211 Å². The van der Waals surface area contributed by atoms with Crippen LogP contribution in [0.2, 0.25) is 10.0 Å². The molecule has 1 N–H and O–H groups in total. The predicted octanol–water partition coefficient (Wildman–Crippen LogP) is 5.17. The average Bonchev–Trinajstić information content (AvgIpc) is 2.74. The maximum atomic E-state index is 14.0. The molecule has 0 saturated carbocycles. The van der Waals surface area contributed by atoms with E-state index >= 15 is 0 Å². The van der Waals surface area contributed by atoms with Crippen LogP contribution in [0, 0.1) is 11.3 Å². The van der Waals surface area contributed by atoms with E-state index in [-0.39, 0.29) is 36.3 Å². The Hall–Kier alpha value is -2.09. The molecule has 1 aliphatic rings. The zero-order valence-corrected chi connectivity index (χ0v) is 21.7. The second-order valence-corrected chi connectivity index (χ2v) is 11.4. The third-order valence-electron chi connectivity index (χ3n) is 6.59. The molecular weight excluding hydrogens is 497 g/mol. The van der Waals surface area contributed by atoms with Crippen LogP contribution in [0.5, 0.6) is 0 Å². The van der Waals surface area contributed by atoms with Gasteiger partial charge in [0.2, 0.25) is 5.91 Å². The third-order valence-corrected chi connectivity index (χ3v) is 7.75. The molecule has 6 nitrogen and oxygen atoms in total. The molecule has 34 heavy (non-hydrogen) atoms. The molecular formula is C25H29Cl2NO5S. The summed E-state index contributed by atoms with van der Waals surface area (Å²) < 4.78 is 23.7. The number of nitrogens with zero attached hydrogens (tertiary/aromatic N) is 1. The van der Waals surface area contributed by atoms with Crippen molar-refractivity contribution < 1.29 is 23.1 Å². The van der Waals surface area contributed by atoms with Gasteiger partial charge in [-0.1, -0.05) is 68.2 Å². The molecule has 0 radical (unpaired) electrons. The predicted molar refractivity (Wildman–Crippen MR) is 134 cm³/mol. The van der Waals surface area contributed by atoms with E-state index in [1.165, 1.54) is 0 Å². The summed E-state index contributed by atoms with van der Waals surface area (Å²) in [7, 11) is -2.78. The quantitative estimate of drug-likeness (QED) is 0.464. The summed E-state index contributed by atoms with van der Waals surface area (Å²) in [5.41, 5.74) is 0.436. The normalized spacial score (nSPS) is 24.0. The van der Waals surface area contributed by atoms with E-state index in [4.69, 9.17) is 23.2 Å². The maximum Gasteiger partial charge on any atom is 0.304 e. The lowest BCUT2D eigenvalue weighted by Crippen LogP contribution is -2.58. The molecule has 4 atom stereocenters. The fourth-order valence-corrected chi connectivity index (χ4v) is 6.25. The number of hydrogen-bond donors (Lipinski definition) is 2. The first-order valence-electron chi connectivity index (χ1n) is 11.1. The standard InChI is InChI=1S/C25H29Cl2NO5S/c1-15(2)21(14-34(32)33)28-23(16-7-9-18(26)10-8-16)20(17-5-4-6-19(27)11-17)12-25(3,24(28)31)13-22(29)30/h4-11,15,20-21,23,34H,12-14H2,1-3H3,(H,29,30)/t20-,21-,23?,25-/m1/s1. The van der Waals surface area contributed by atoms with Crippen LogP contribution in [0.1, 0.15) is 56.7 Å². The van der Waals surface area contributed by atoms with E-state index in [1.807, 2.05) is 44.2 Å². The van der Waals surface area contributed by atoms with Crippen LogP contribution in [-0.4, -0.2) is 42.1 Å². The number of halogens is 2. The summed E-state index contributed by atoms with van der Waals surface area (Å²) in [5, 5.41) is 10.7. The van der Waals surface area contributed by atoms with Gasteiger partial charge in [0.15, 0.2) is 0 Å². The van der Waals surface area contributed by atoms with Gasteiger partial charge in [-0.2, -0.15) is 0 Å². The molecule has 1 unspecified atom stereocenters. The molecule has 1 fully saturated rings. The van der Waals surface area contributed by atoms with Crippen molar-refractivity contribution in [3.63, 3.8) is 0 Å². The van der Waals surface area contributed by atoms with Gasteiger partial charge in [0, 0.05) is 22.0 Å². The van der Waals surface area contributed by atoms with Crippen LogP contribution >= 0.6 is 23.2 Å². The molecule has 9 heteroatoms. The molecule has 0 bridgehead atoms. The Bertz CT molecular complexity index is 1130. The van der Waals surface area contributed by atoms with Gasteiger partial charge in [-0.25, -0.2) is 8.42 Å². The number of carbonyl (C=O) groups is 2. The maximum absolute atomic E-state index is 14.0. The van der Waals surface area contributed by atoms with E-state index in [1.54, 1.807) is 30.0 Å². The molecule has 1 saturated heterocycles. The molecule has 3 rings (SSSR count). The van der Waals surface area contributed by atoms with Crippen molar-refractivity contribution in [2.45, 2.75) is 51.6 Å². The number of carbonyl (C=O) groups excluding carboxylic acids is 1. The minimum absolute atomic E-state index is 0.182. The fraction of sp³-hybridized carbons (Fsp3) is 0.440. The summed E-state index contributed by atoms with van der Waals surface area (Å²) in [6.07, 6.45) is -0.0857. The van der Waals surface area contributed by atoms with Gasteiger partial charge >= 0.3 is 5.97 Å². The van der Waals surface area contributed by atoms with Gasteiger partial charge in [-0.05, 0) is 47.7 Å². The van der Waals surface area contributed by atoms with Crippen molar-refractivity contribution in [3.05, 3.63) is 69.7 Å². The first-order valence-corrected chi connectivity index (χ1v) is 13.2. The van der Waals surface area contributed by atoms with Crippen molar-refractivity contribution in [2.24, 2.45) is 11.3 Å². The lowest BCUT2D eigenvalue weighted by molar-refractivity contribution is -0.161. The molecule has 0 aliphatic carbocycles. The zero-order chi connectivity index (χ0) is 25.2. The summed E-state index contributed by atoms with van der Waals surface area (Å²) in [4.78, 5) is 27.4. The van der Waals surface area contributed by atoms with Gasteiger partial charge < -0.3 is 10.0 Å². The Kier molecular flexibility index (Phi) is 8.32. The van der Waals surface area contributed by atoms with Crippen molar-refractivity contribution in [3.8, 4) is 0 Å². The highest BCUT2D eigenvalue weighted by atomic mass is 35.5. The Balaban J connectivity index is 2.28. The molecule has 1 aliphatic heterocycles. The number of amides is 1. The monoisotopic (exact) mass is 525 g/mol. The average molecular weight is 526 g/mol. The van der Waals surface area contributed by atoms with E-state index in [9.17, 15) is 23.1 Å². The molecule has 0 spiro atoms. The van der Waals surface area contributed by atoms with Crippen LogP contribution < -0.4 is 0 Å². The van der Waals surface area contributed by atoms with Crippen LogP contribution in [-0.2, 0) is 20.3 Å². The Morgan fingerprint density at radius 3 is 2.29 bits per heavy atom. The number of rotatable bonds is 8. The van der Waals surface area contributed by atoms with E-state index in [0.29, 0.717) is 10.0 Å². The Morgan fingerprint density at radius 1 is 1.12 bits per heavy atom. The number of aliphatic carboxylic acids is 1. The number of benzene rings is 2. The van der Waals surface area contributed by atoms with Crippen molar-refractivity contribution in [1.82, 2.24) is 4.90 Å². The summed E-state index contributed by atoms with van der Waals surface area (Å²) in [6.45, 7) is 5.39. The van der Waals surface area contributed by atoms with Gasteiger partial charge in [-0.15, -0.1) is 0 Å². The van der Waals surface area contributed by atoms with Gasteiger partial charge in [0.1, 0.15) is 10.7 Å². The largest absolute Gasteiger partial charge is 0.481 e. The lowest BCUT2D eigenvalue weighted by Gasteiger charge is -2.52. The van der Waals surface area contributed by atoms with Crippen molar-refractivity contribution in [1.29, 1.82) is 0 Å². The minimum Gasteiger partial charge on any atom is -0.481 e. The number of piperidine rings is 1. The van der Waals surface area contributed by atoms with Crippen LogP contribution in [0.15, 0.2) is 48.5 Å². The number of carboxylic acids is 1. The second kappa shape index (κ2) is 10.7. The zero-order valence-electron chi connectivity index (χ0n) is 19.3. The van der Waals surface area contributed by atoms with Crippen LogP contribution in [0.3, 0.4) is 0 Å². The molecule has 0 aromatic heterocycles. The van der Waals surface area contributed by atoms with Gasteiger partial charge in [-0.3, -0.25) is 9.59 Å². The van der Waals surface area contributed by atoms with Crippen LogP contribution in [0.25, 0.3) is 0 Å². The topological polar surface area (TPSA) is 91.8 Å².